The molecular formula is C46H54F2N6O4Si. The van der Waals surface area contributed by atoms with Crippen molar-refractivity contribution in [3.05, 3.63) is 59.7 Å². The average Bonchev–Trinajstić information content (AvgIpc) is 3.83. The second kappa shape index (κ2) is 14.4. The molecule has 0 saturated carbocycles. The lowest BCUT2D eigenvalue weighted by molar-refractivity contribution is 0.0706. The number of carboxylic acid groups (broad SMARTS) is 1. The van der Waals surface area contributed by atoms with E-state index in [4.69, 9.17) is 24.4 Å². The van der Waals surface area contributed by atoms with Gasteiger partial charge in [0, 0.05) is 24.0 Å². The van der Waals surface area contributed by atoms with Gasteiger partial charge in [0.25, 0.3) is 0 Å². The van der Waals surface area contributed by atoms with Gasteiger partial charge in [0.15, 0.2) is 5.82 Å². The van der Waals surface area contributed by atoms with E-state index in [0.717, 1.165) is 37.9 Å². The van der Waals surface area contributed by atoms with Crippen molar-refractivity contribution >= 4 is 41.7 Å². The minimum Gasteiger partial charge on any atom is -0.472 e. The highest BCUT2D eigenvalue weighted by molar-refractivity contribution is 6.90. The zero-order valence-electron chi connectivity index (χ0n) is 35.1. The summed E-state index contributed by atoms with van der Waals surface area (Å²) in [5.41, 5.74) is 5.96. The normalized spacial score (nSPS) is 25.1. The molecule has 10 nitrogen and oxygen atoms in total. The molecule has 7 heterocycles. The number of piperazine rings is 1. The predicted octanol–water partition coefficient (Wildman–Crippen LogP) is 9.35. The molecule has 1 N–H and O–H groups in total. The number of pyridine rings is 1. The number of anilines is 1. The molecule has 5 aliphatic rings. The Hall–Kier alpha value is -4.80. The van der Waals surface area contributed by atoms with Gasteiger partial charge in [-0.05, 0) is 73.6 Å². The maximum atomic E-state index is 17.8. The maximum absolute atomic E-state index is 17.8. The molecular weight excluding hydrogens is 767 g/mol. The number of hydrogen-bond donors (Lipinski definition) is 1. The van der Waals surface area contributed by atoms with Gasteiger partial charge in [0.1, 0.15) is 49.0 Å². The molecule has 4 unspecified atom stereocenters. The van der Waals surface area contributed by atoms with E-state index < -0.39 is 37.9 Å². The summed E-state index contributed by atoms with van der Waals surface area (Å²) in [5, 5.41) is 11.8. The summed E-state index contributed by atoms with van der Waals surface area (Å²) in [6.07, 6.45) is 2.66. The summed E-state index contributed by atoms with van der Waals surface area (Å²) in [4.78, 5) is 33.4. The van der Waals surface area contributed by atoms with Crippen molar-refractivity contribution in [2.45, 2.75) is 127 Å². The number of benzene rings is 2. The third-order valence-corrected chi connectivity index (χ3v) is 20.9. The Kier molecular flexibility index (Phi) is 9.70. The van der Waals surface area contributed by atoms with Crippen molar-refractivity contribution < 1.29 is 28.2 Å². The van der Waals surface area contributed by atoms with Crippen LogP contribution in [-0.4, -0.2) is 100 Å². The van der Waals surface area contributed by atoms with E-state index in [2.05, 4.69) is 69.4 Å². The van der Waals surface area contributed by atoms with Gasteiger partial charge >= 0.3 is 12.1 Å². The van der Waals surface area contributed by atoms with E-state index in [1.807, 2.05) is 19.1 Å². The van der Waals surface area contributed by atoms with Crippen molar-refractivity contribution in [1.29, 1.82) is 0 Å². The lowest BCUT2D eigenvalue weighted by atomic mass is 9.91. The van der Waals surface area contributed by atoms with Gasteiger partial charge < -0.3 is 19.5 Å². The number of ether oxygens (including phenoxy) is 2. The van der Waals surface area contributed by atoms with Crippen LogP contribution in [0.5, 0.6) is 11.9 Å². The van der Waals surface area contributed by atoms with Gasteiger partial charge in [-0.3, -0.25) is 9.80 Å². The first-order valence-corrected chi connectivity index (χ1v) is 23.6. The van der Waals surface area contributed by atoms with Crippen LogP contribution in [0, 0.1) is 23.1 Å². The van der Waals surface area contributed by atoms with E-state index in [-0.39, 0.29) is 52.9 Å². The van der Waals surface area contributed by atoms with Crippen molar-refractivity contribution in [2.24, 2.45) is 0 Å². The second-order valence-corrected chi connectivity index (χ2v) is 23.9. The molecule has 13 heteroatoms. The molecule has 0 radical (unpaired) electrons. The second-order valence-electron chi connectivity index (χ2n) is 18.3. The van der Waals surface area contributed by atoms with Crippen LogP contribution >= 0.6 is 0 Å². The van der Waals surface area contributed by atoms with Gasteiger partial charge in [-0.1, -0.05) is 83.9 Å². The number of hydrogen-bond acceptors (Lipinski definition) is 8. The van der Waals surface area contributed by atoms with E-state index in [1.165, 1.54) is 6.07 Å². The fourth-order valence-corrected chi connectivity index (χ4v) is 17.1. The Morgan fingerprint density at radius 3 is 2.54 bits per heavy atom. The monoisotopic (exact) mass is 820 g/mol. The highest BCUT2D eigenvalue weighted by Gasteiger charge is 2.53. The number of aromatic nitrogens is 3. The first-order valence-electron chi connectivity index (χ1n) is 21.3. The van der Waals surface area contributed by atoms with Gasteiger partial charge in [0.05, 0.1) is 29.2 Å². The molecule has 2 aromatic heterocycles. The first-order chi connectivity index (χ1) is 28.2. The zero-order chi connectivity index (χ0) is 41.7. The molecule has 5 aliphatic heterocycles. The van der Waals surface area contributed by atoms with Crippen LogP contribution in [0.3, 0.4) is 0 Å². The van der Waals surface area contributed by atoms with Crippen molar-refractivity contribution in [1.82, 2.24) is 24.8 Å². The molecule has 0 spiro atoms. The lowest BCUT2D eigenvalue weighted by Gasteiger charge is -2.47. The van der Waals surface area contributed by atoms with Gasteiger partial charge in [-0.2, -0.15) is 9.97 Å². The molecule has 9 rings (SSSR count). The number of rotatable bonds is 7. The van der Waals surface area contributed by atoms with Crippen molar-refractivity contribution in [3.63, 3.8) is 0 Å². The Bertz CT molecular complexity index is 2450. The highest BCUT2D eigenvalue weighted by Crippen LogP contribution is 2.48. The summed E-state index contributed by atoms with van der Waals surface area (Å²) >= 11 is 0. The number of carbonyl (C=O) groups is 1. The largest absolute Gasteiger partial charge is 0.472 e. The molecule has 2 bridgehead atoms. The maximum Gasteiger partial charge on any atom is 0.407 e. The van der Waals surface area contributed by atoms with Gasteiger partial charge in [-0.15, -0.1) is 5.54 Å². The van der Waals surface area contributed by atoms with Crippen LogP contribution in [0.25, 0.3) is 32.9 Å². The SMILES string of the molecule is C=C1CCN2CCC[C@@]12COc1nc2c3c(nc(-c4cccc5ccc(F)c(C#C[Si](C(C)C)(C(C)C)C(C)C)c45)c(F)c3n1)OC(C)C1C3CCC(CN21)N3C(=O)O. The molecule has 4 aromatic rings. The third-order valence-electron chi connectivity index (χ3n) is 14.6. The Labute approximate surface area is 346 Å². The number of nitrogens with zero attached hydrogens (tertiary/aromatic N) is 6. The Morgan fingerprint density at radius 1 is 1.05 bits per heavy atom. The molecule has 4 fully saturated rings. The highest BCUT2D eigenvalue weighted by atomic mass is 28.3. The predicted molar refractivity (Wildman–Crippen MR) is 229 cm³/mol. The number of halogens is 2. The fourth-order valence-electron chi connectivity index (χ4n) is 11.9. The fraction of sp³-hybridized carbons (Fsp3) is 0.522. The minimum absolute atomic E-state index is 0.0182. The van der Waals surface area contributed by atoms with Crippen LogP contribution in [0.15, 0.2) is 42.5 Å². The van der Waals surface area contributed by atoms with Gasteiger partial charge in [-0.25, -0.2) is 18.6 Å². The molecule has 310 valence electrons. The molecule has 1 amide bonds. The Morgan fingerprint density at radius 2 is 1.81 bits per heavy atom. The van der Waals surface area contributed by atoms with E-state index in [1.54, 1.807) is 17.0 Å². The molecule has 5 atom stereocenters. The van der Waals surface area contributed by atoms with Crippen LogP contribution in [0.1, 0.15) is 86.1 Å². The number of fused-ring (bicyclic) bond motifs is 7. The smallest absolute Gasteiger partial charge is 0.407 e. The van der Waals surface area contributed by atoms with Gasteiger partial charge in [0.2, 0.25) is 5.88 Å². The molecule has 59 heavy (non-hydrogen) atoms. The third kappa shape index (κ3) is 5.94. The lowest BCUT2D eigenvalue weighted by Crippen LogP contribution is -2.64. The number of amides is 1. The quantitative estimate of drug-likeness (QED) is 0.111. The van der Waals surface area contributed by atoms with Crippen LogP contribution in [0.2, 0.25) is 16.6 Å². The van der Waals surface area contributed by atoms with E-state index in [0.29, 0.717) is 63.5 Å². The zero-order valence-corrected chi connectivity index (χ0v) is 36.1. The van der Waals surface area contributed by atoms with Crippen molar-refractivity contribution in [2.75, 3.05) is 31.1 Å². The summed E-state index contributed by atoms with van der Waals surface area (Å²) in [5.74, 6) is 2.70. The average molecular weight is 821 g/mol. The summed E-state index contributed by atoms with van der Waals surface area (Å²) in [6.45, 7) is 22.1. The summed E-state index contributed by atoms with van der Waals surface area (Å²) in [7, 11) is -2.28. The van der Waals surface area contributed by atoms with E-state index >= 15 is 8.78 Å². The van der Waals surface area contributed by atoms with E-state index in [9.17, 15) is 9.90 Å². The minimum atomic E-state index is -2.28. The molecule has 4 saturated heterocycles. The molecule has 2 aromatic carbocycles. The van der Waals surface area contributed by atoms with Crippen molar-refractivity contribution in [3.8, 4) is 34.6 Å². The summed E-state index contributed by atoms with van der Waals surface area (Å²) in [6, 6.07) is 7.51. The topological polar surface area (TPSA) is 104 Å². The Balaban J connectivity index is 1.25. The molecule has 0 aliphatic carbocycles. The van der Waals surface area contributed by atoms with Crippen LogP contribution in [0.4, 0.5) is 19.4 Å². The van der Waals surface area contributed by atoms with Crippen LogP contribution < -0.4 is 14.4 Å². The standard InChI is InChI=1S/C46H54F2N6O4Si/c1-25(2)59(26(3)4,27(5)6)22-18-32-34(47)15-13-30-11-9-12-33(36(30)32)39-38(48)40-37-42(51-44(50-40)57-24-46-19-10-20-52(46)21-17-28(46)7)53-23-31-14-16-35(54(31)45(55)56)41(53)29(8)58-43(37)49-39/h9,11-13,15,25-27,29,31,35,41H,7,10,14,16-17,19-21,23-24H2,1-6,8H3,(H,55,56)/t29?,31?,35?,41?,46-/m1/s1. The van der Waals surface area contributed by atoms with Crippen LogP contribution in [-0.2, 0) is 0 Å². The first kappa shape index (κ1) is 39.6. The summed E-state index contributed by atoms with van der Waals surface area (Å²) < 4.78 is 47.3.